The first-order valence-electron chi connectivity index (χ1n) is 8.21. The van der Waals surface area contributed by atoms with Gasteiger partial charge in [0.25, 0.3) is 11.6 Å². The summed E-state index contributed by atoms with van der Waals surface area (Å²) in [5, 5.41) is 13.4. The van der Waals surface area contributed by atoms with Gasteiger partial charge in [-0.1, -0.05) is 17.7 Å². The molecular weight excluding hydrogens is 374 g/mol. The first-order valence-corrected chi connectivity index (χ1v) is 8.59. The molecule has 1 N–H and O–H groups in total. The van der Waals surface area contributed by atoms with Crippen LogP contribution < -0.4 is 15.0 Å². The maximum absolute atomic E-state index is 12.1. The molecule has 0 bridgehead atoms. The second-order valence-corrected chi connectivity index (χ2v) is 6.32. The van der Waals surface area contributed by atoms with E-state index >= 15 is 0 Å². The largest absolute Gasteiger partial charge is 0.482 e. The van der Waals surface area contributed by atoms with Gasteiger partial charge in [-0.15, -0.1) is 0 Å². The number of nitro groups is 1. The van der Waals surface area contributed by atoms with Crippen LogP contribution in [0.3, 0.4) is 0 Å². The molecule has 2 amide bonds. The molecule has 1 aliphatic heterocycles. The molecule has 1 saturated heterocycles. The van der Waals surface area contributed by atoms with Gasteiger partial charge in [-0.3, -0.25) is 19.7 Å². The summed E-state index contributed by atoms with van der Waals surface area (Å²) < 4.78 is 5.32. The summed E-state index contributed by atoms with van der Waals surface area (Å²) in [5.41, 5.74) is 1.11. The fourth-order valence-electron chi connectivity index (χ4n) is 2.73. The van der Waals surface area contributed by atoms with Crippen LogP contribution in [0.4, 0.5) is 17.1 Å². The van der Waals surface area contributed by atoms with Crippen molar-refractivity contribution in [2.24, 2.45) is 0 Å². The first-order chi connectivity index (χ1) is 12.9. The molecule has 0 saturated carbocycles. The van der Waals surface area contributed by atoms with Gasteiger partial charge in [0.1, 0.15) is 5.75 Å². The first kappa shape index (κ1) is 18.7. The van der Waals surface area contributed by atoms with Gasteiger partial charge < -0.3 is 15.0 Å². The molecule has 1 heterocycles. The number of halogens is 1. The highest BCUT2D eigenvalue weighted by Crippen LogP contribution is 2.29. The number of ether oxygens (including phenoxy) is 1. The Labute approximate surface area is 159 Å². The van der Waals surface area contributed by atoms with Gasteiger partial charge in [0, 0.05) is 36.5 Å². The lowest BCUT2D eigenvalue weighted by Gasteiger charge is -2.17. The number of rotatable bonds is 6. The summed E-state index contributed by atoms with van der Waals surface area (Å²) in [5.74, 6) is -0.183. The Hall–Kier alpha value is -3.13. The Balaban J connectivity index is 1.60. The number of hydrogen-bond acceptors (Lipinski definition) is 5. The highest BCUT2D eigenvalue weighted by atomic mass is 35.5. The van der Waals surface area contributed by atoms with Gasteiger partial charge in [0.05, 0.1) is 9.95 Å². The highest BCUT2D eigenvalue weighted by Gasteiger charge is 2.21. The van der Waals surface area contributed by atoms with Crippen molar-refractivity contribution in [1.82, 2.24) is 0 Å². The fourth-order valence-corrected chi connectivity index (χ4v) is 2.96. The van der Waals surface area contributed by atoms with E-state index in [9.17, 15) is 19.7 Å². The monoisotopic (exact) mass is 389 g/mol. The van der Waals surface area contributed by atoms with Crippen molar-refractivity contribution < 1.29 is 19.2 Å². The molecule has 8 nitrogen and oxygen atoms in total. The normalized spacial score (nSPS) is 13.5. The number of nitrogens with zero attached hydrogens (tertiary/aromatic N) is 2. The Morgan fingerprint density at radius 3 is 2.78 bits per heavy atom. The zero-order valence-corrected chi connectivity index (χ0v) is 14.9. The molecule has 0 radical (unpaired) electrons. The minimum atomic E-state index is -0.569. The van der Waals surface area contributed by atoms with Crippen molar-refractivity contribution >= 4 is 40.5 Å². The molecule has 2 aromatic rings. The molecule has 0 spiro atoms. The predicted molar refractivity (Wildman–Crippen MR) is 100 cm³/mol. The van der Waals surface area contributed by atoms with Gasteiger partial charge in [-0.2, -0.15) is 0 Å². The number of anilines is 2. The van der Waals surface area contributed by atoms with E-state index in [1.165, 1.54) is 12.1 Å². The Bertz CT molecular complexity index is 902. The maximum Gasteiger partial charge on any atom is 0.271 e. The van der Waals surface area contributed by atoms with E-state index in [1.54, 1.807) is 23.1 Å². The number of amides is 2. The third kappa shape index (κ3) is 4.53. The van der Waals surface area contributed by atoms with E-state index in [2.05, 4.69) is 5.32 Å². The lowest BCUT2D eigenvalue weighted by Crippen LogP contribution is -2.24. The van der Waals surface area contributed by atoms with E-state index in [-0.39, 0.29) is 29.0 Å². The van der Waals surface area contributed by atoms with E-state index in [4.69, 9.17) is 16.3 Å². The second-order valence-electron chi connectivity index (χ2n) is 5.91. The average Bonchev–Trinajstić information content (AvgIpc) is 3.06. The topological polar surface area (TPSA) is 102 Å². The second kappa shape index (κ2) is 8.05. The van der Waals surface area contributed by atoms with Crippen LogP contribution in [0.15, 0.2) is 42.5 Å². The number of non-ortho nitro benzene ring substituents is 1. The lowest BCUT2D eigenvalue weighted by atomic mass is 10.2. The van der Waals surface area contributed by atoms with Crippen molar-refractivity contribution in [3.05, 3.63) is 57.6 Å². The van der Waals surface area contributed by atoms with Crippen LogP contribution in [0.1, 0.15) is 12.8 Å². The molecule has 140 valence electrons. The van der Waals surface area contributed by atoms with Crippen molar-refractivity contribution in [2.75, 3.05) is 23.4 Å². The number of benzene rings is 2. The standard InChI is InChI=1S/C18H16ClN3O5/c19-15-10-14(22(25)26)6-7-16(15)27-11-17(23)20-12-3-1-4-13(9-12)21-8-2-5-18(21)24/h1,3-4,6-7,9-10H,2,5,8,11H2,(H,20,23). The van der Waals surface area contributed by atoms with Gasteiger partial charge in [-0.05, 0) is 30.7 Å². The van der Waals surface area contributed by atoms with Gasteiger partial charge >= 0.3 is 0 Å². The summed E-state index contributed by atoms with van der Waals surface area (Å²) in [4.78, 5) is 35.7. The van der Waals surface area contributed by atoms with Crippen LogP contribution in [-0.2, 0) is 9.59 Å². The Morgan fingerprint density at radius 2 is 2.11 bits per heavy atom. The maximum atomic E-state index is 12.1. The van der Waals surface area contributed by atoms with E-state index in [1.807, 2.05) is 6.07 Å². The summed E-state index contributed by atoms with van der Waals surface area (Å²) in [6, 6.07) is 10.7. The van der Waals surface area contributed by atoms with Crippen LogP contribution in [0.25, 0.3) is 0 Å². The molecule has 0 atom stereocenters. The third-order valence-electron chi connectivity index (χ3n) is 4.00. The van der Waals surface area contributed by atoms with Crippen LogP contribution in [-0.4, -0.2) is 29.9 Å². The van der Waals surface area contributed by atoms with Crippen LogP contribution in [0.2, 0.25) is 5.02 Å². The van der Waals surface area contributed by atoms with Crippen LogP contribution >= 0.6 is 11.6 Å². The Morgan fingerprint density at radius 1 is 1.30 bits per heavy atom. The quantitative estimate of drug-likeness (QED) is 0.602. The van der Waals surface area contributed by atoms with Crippen molar-refractivity contribution in [3.63, 3.8) is 0 Å². The van der Waals surface area contributed by atoms with Crippen LogP contribution in [0, 0.1) is 10.1 Å². The number of nitrogens with one attached hydrogen (secondary N) is 1. The van der Waals surface area contributed by atoms with Gasteiger partial charge in [0.2, 0.25) is 5.91 Å². The van der Waals surface area contributed by atoms with Gasteiger partial charge in [0.15, 0.2) is 6.61 Å². The molecule has 1 aliphatic rings. The van der Waals surface area contributed by atoms with Crippen LogP contribution in [0.5, 0.6) is 5.75 Å². The molecule has 0 aliphatic carbocycles. The third-order valence-corrected chi connectivity index (χ3v) is 4.30. The van der Waals surface area contributed by atoms with Crippen molar-refractivity contribution in [1.29, 1.82) is 0 Å². The lowest BCUT2D eigenvalue weighted by molar-refractivity contribution is -0.384. The average molecular weight is 390 g/mol. The summed E-state index contributed by atoms with van der Waals surface area (Å²) in [6.45, 7) is 0.350. The van der Waals surface area contributed by atoms with E-state index in [0.29, 0.717) is 18.7 Å². The molecule has 2 aromatic carbocycles. The Kier molecular flexibility index (Phi) is 5.56. The molecule has 27 heavy (non-hydrogen) atoms. The molecular formula is C18H16ClN3O5. The smallest absolute Gasteiger partial charge is 0.271 e. The summed E-state index contributed by atoms with van der Waals surface area (Å²) in [6.07, 6.45) is 1.35. The number of carbonyl (C=O) groups excluding carboxylic acids is 2. The zero-order chi connectivity index (χ0) is 19.4. The predicted octanol–water partition coefficient (Wildman–Crippen LogP) is 3.39. The highest BCUT2D eigenvalue weighted by molar-refractivity contribution is 6.32. The van der Waals surface area contributed by atoms with Crippen molar-refractivity contribution in [2.45, 2.75) is 12.8 Å². The molecule has 3 rings (SSSR count). The SMILES string of the molecule is O=C(COc1ccc([N+](=O)[O-])cc1Cl)Nc1cccc(N2CCCC2=O)c1. The molecule has 1 fully saturated rings. The van der Waals surface area contributed by atoms with E-state index < -0.39 is 10.8 Å². The number of nitro benzene ring substituents is 1. The minimum Gasteiger partial charge on any atom is -0.482 e. The summed E-state index contributed by atoms with van der Waals surface area (Å²) in [7, 11) is 0. The molecule has 0 unspecified atom stereocenters. The minimum absolute atomic E-state index is 0.0477. The van der Waals surface area contributed by atoms with Crippen molar-refractivity contribution in [3.8, 4) is 5.75 Å². The van der Waals surface area contributed by atoms with Gasteiger partial charge in [-0.25, -0.2) is 0 Å². The van der Waals surface area contributed by atoms with E-state index in [0.717, 1.165) is 18.2 Å². The number of hydrogen-bond donors (Lipinski definition) is 1. The molecule has 0 aromatic heterocycles. The fraction of sp³-hybridized carbons (Fsp3) is 0.222. The summed E-state index contributed by atoms with van der Waals surface area (Å²) >= 11 is 5.93. The number of carbonyl (C=O) groups is 2. The zero-order valence-electron chi connectivity index (χ0n) is 14.2. The molecule has 9 heteroatoms.